The fourth-order valence-electron chi connectivity index (χ4n) is 2.25. The average molecular weight is 300 g/mol. The largest absolute Gasteiger partial charge is 0.412 e. The van der Waals surface area contributed by atoms with E-state index in [4.69, 9.17) is 12.2 Å². The molecular formula is C16H16N2O2S. The highest BCUT2D eigenvalue weighted by Gasteiger charge is 2.14. The lowest BCUT2D eigenvalue weighted by Crippen LogP contribution is -2.19. The fourth-order valence-corrected chi connectivity index (χ4v) is 2.51. The number of fused-ring (bicyclic) bond motifs is 1. The van der Waals surface area contributed by atoms with Crippen LogP contribution in [0.4, 0.5) is 11.4 Å². The molecule has 21 heavy (non-hydrogen) atoms. The van der Waals surface area contributed by atoms with Crippen molar-refractivity contribution in [2.75, 3.05) is 10.6 Å². The van der Waals surface area contributed by atoms with Gasteiger partial charge in [0.1, 0.15) is 4.99 Å². The van der Waals surface area contributed by atoms with Crippen molar-refractivity contribution >= 4 is 34.5 Å². The summed E-state index contributed by atoms with van der Waals surface area (Å²) in [4.78, 5) is 12.0. The van der Waals surface area contributed by atoms with Crippen LogP contribution in [-0.4, -0.2) is 16.4 Å². The first-order chi connectivity index (χ1) is 9.72. The van der Waals surface area contributed by atoms with Gasteiger partial charge in [0, 0.05) is 23.4 Å². The van der Waals surface area contributed by atoms with Crippen LogP contribution in [0.2, 0.25) is 0 Å². The molecule has 5 heteroatoms. The van der Waals surface area contributed by atoms with Crippen LogP contribution < -0.4 is 10.6 Å². The van der Waals surface area contributed by atoms with E-state index in [-0.39, 0.29) is 11.4 Å². The number of hydrogen-bond donors (Lipinski definition) is 2. The van der Waals surface area contributed by atoms with E-state index in [2.05, 4.69) is 10.6 Å². The van der Waals surface area contributed by atoms with Crippen molar-refractivity contribution < 1.29 is 10.3 Å². The Balaban J connectivity index is 0.00000161. The Morgan fingerprint density at radius 2 is 1.86 bits per heavy atom. The Kier molecular flexibility index (Phi) is 4.67. The summed E-state index contributed by atoms with van der Waals surface area (Å²) in [7, 11) is 0. The van der Waals surface area contributed by atoms with Gasteiger partial charge in [-0.3, -0.25) is 4.79 Å². The third-order valence-electron chi connectivity index (χ3n) is 3.29. The van der Waals surface area contributed by atoms with E-state index in [0.717, 1.165) is 28.9 Å². The molecule has 0 spiro atoms. The molecule has 3 rings (SSSR count). The monoisotopic (exact) mass is 300 g/mol. The zero-order chi connectivity index (χ0) is 13.9. The summed E-state index contributed by atoms with van der Waals surface area (Å²) in [5.41, 5.74) is 3.99. The number of rotatable bonds is 2. The Morgan fingerprint density at radius 1 is 1.10 bits per heavy atom. The maximum absolute atomic E-state index is 11.3. The van der Waals surface area contributed by atoms with Crippen molar-refractivity contribution in [3.63, 3.8) is 0 Å². The number of anilines is 2. The van der Waals surface area contributed by atoms with Gasteiger partial charge in [-0.15, -0.1) is 0 Å². The van der Waals surface area contributed by atoms with Crippen LogP contribution in [0, 0.1) is 0 Å². The predicted molar refractivity (Wildman–Crippen MR) is 88.8 cm³/mol. The van der Waals surface area contributed by atoms with Gasteiger partial charge in [-0.25, -0.2) is 0 Å². The predicted octanol–water partition coefficient (Wildman–Crippen LogP) is 2.53. The molecule has 2 aromatic carbocycles. The highest BCUT2D eigenvalue weighted by atomic mass is 32.1. The minimum atomic E-state index is 0. The maximum Gasteiger partial charge on any atom is 0.224 e. The van der Waals surface area contributed by atoms with Crippen molar-refractivity contribution in [2.24, 2.45) is 0 Å². The molecule has 0 saturated heterocycles. The molecule has 1 heterocycles. The second-order valence-corrected chi connectivity index (χ2v) is 5.15. The van der Waals surface area contributed by atoms with Gasteiger partial charge in [-0.2, -0.15) is 0 Å². The number of thiocarbonyl (C=S) groups is 1. The third kappa shape index (κ3) is 3.45. The minimum Gasteiger partial charge on any atom is -0.412 e. The van der Waals surface area contributed by atoms with Crippen molar-refractivity contribution in [3.05, 3.63) is 59.7 Å². The number of carbonyl (C=O) groups is 1. The first-order valence-corrected chi connectivity index (χ1v) is 6.92. The number of hydrogen-bond acceptors (Lipinski definition) is 2. The average Bonchev–Trinajstić information content (AvgIpc) is 2.48. The van der Waals surface area contributed by atoms with Gasteiger partial charge in [0.25, 0.3) is 0 Å². The summed E-state index contributed by atoms with van der Waals surface area (Å²) >= 11 is 5.40. The molecule has 1 amide bonds. The quantitative estimate of drug-likeness (QED) is 0.837. The Bertz CT molecular complexity index is 671. The molecule has 0 bridgehead atoms. The first-order valence-electron chi connectivity index (χ1n) is 6.51. The molecule has 4 nitrogen and oxygen atoms in total. The van der Waals surface area contributed by atoms with Crippen LogP contribution in [0.15, 0.2) is 48.5 Å². The summed E-state index contributed by atoms with van der Waals surface area (Å²) in [5, 5.41) is 6.11. The van der Waals surface area contributed by atoms with Crippen LogP contribution >= 0.6 is 12.2 Å². The first kappa shape index (κ1) is 15.2. The lowest BCUT2D eigenvalue weighted by molar-refractivity contribution is -0.116. The van der Waals surface area contributed by atoms with E-state index >= 15 is 0 Å². The van der Waals surface area contributed by atoms with Crippen molar-refractivity contribution in [1.82, 2.24) is 0 Å². The zero-order valence-corrected chi connectivity index (χ0v) is 12.2. The van der Waals surface area contributed by atoms with E-state index in [9.17, 15) is 4.79 Å². The molecular weight excluding hydrogens is 284 g/mol. The summed E-state index contributed by atoms with van der Waals surface area (Å²) in [6, 6.07) is 15.7. The number of aryl methyl sites for hydroxylation is 1. The molecule has 2 aromatic rings. The number of nitrogens with one attached hydrogen (secondary N) is 2. The summed E-state index contributed by atoms with van der Waals surface area (Å²) in [6.07, 6.45) is 1.31. The molecule has 0 saturated carbocycles. The standard InChI is InChI=1S/C16H14N2OS.H2O/c19-15-9-6-12-10-13(7-8-14(12)18-15)17-16(20)11-4-2-1-3-5-11;/h1-5,7-8,10H,6,9H2,(H,17,20)(H,18,19);1H2. The molecule has 4 N–H and O–H groups in total. The summed E-state index contributed by atoms with van der Waals surface area (Å²) in [6.45, 7) is 0. The molecule has 0 atom stereocenters. The fraction of sp³-hybridized carbons (Fsp3) is 0.125. The molecule has 108 valence electrons. The van der Waals surface area contributed by atoms with E-state index in [0.29, 0.717) is 11.4 Å². The normalized spacial score (nSPS) is 12.7. The molecule has 1 aliphatic heterocycles. The minimum absolute atomic E-state index is 0. The van der Waals surface area contributed by atoms with Gasteiger partial charge in [0.15, 0.2) is 0 Å². The van der Waals surface area contributed by atoms with Gasteiger partial charge in [0.05, 0.1) is 0 Å². The lowest BCUT2D eigenvalue weighted by Gasteiger charge is -2.18. The van der Waals surface area contributed by atoms with Crippen LogP contribution in [0.1, 0.15) is 17.5 Å². The molecule has 0 unspecified atom stereocenters. The highest BCUT2D eigenvalue weighted by Crippen LogP contribution is 2.25. The second-order valence-electron chi connectivity index (χ2n) is 4.74. The smallest absolute Gasteiger partial charge is 0.224 e. The molecule has 0 aliphatic carbocycles. The van der Waals surface area contributed by atoms with Crippen LogP contribution in [0.25, 0.3) is 0 Å². The summed E-state index contributed by atoms with van der Waals surface area (Å²) in [5.74, 6) is 0.0815. The third-order valence-corrected chi connectivity index (χ3v) is 3.63. The van der Waals surface area contributed by atoms with Crippen LogP contribution in [-0.2, 0) is 11.2 Å². The topological polar surface area (TPSA) is 72.6 Å². The zero-order valence-electron chi connectivity index (χ0n) is 11.3. The van der Waals surface area contributed by atoms with E-state index in [1.807, 2.05) is 48.5 Å². The molecule has 0 radical (unpaired) electrons. The van der Waals surface area contributed by atoms with Crippen molar-refractivity contribution in [2.45, 2.75) is 12.8 Å². The van der Waals surface area contributed by atoms with Crippen LogP contribution in [0.3, 0.4) is 0 Å². The number of benzene rings is 2. The van der Waals surface area contributed by atoms with E-state index in [1.165, 1.54) is 0 Å². The number of carbonyl (C=O) groups excluding carboxylic acids is 1. The Morgan fingerprint density at radius 3 is 2.62 bits per heavy atom. The second kappa shape index (κ2) is 6.47. The van der Waals surface area contributed by atoms with Crippen molar-refractivity contribution in [3.8, 4) is 0 Å². The lowest BCUT2D eigenvalue weighted by atomic mass is 10.0. The van der Waals surface area contributed by atoms with Crippen LogP contribution in [0.5, 0.6) is 0 Å². The van der Waals surface area contributed by atoms with E-state index < -0.39 is 0 Å². The van der Waals surface area contributed by atoms with Gasteiger partial charge in [-0.05, 0) is 30.2 Å². The van der Waals surface area contributed by atoms with Gasteiger partial charge < -0.3 is 16.1 Å². The SMILES string of the molecule is O.O=C1CCc2cc(NC(=S)c3ccccc3)ccc2N1. The van der Waals surface area contributed by atoms with Gasteiger partial charge >= 0.3 is 0 Å². The number of amides is 1. The molecule has 1 aliphatic rings. The Labute approximate surface area is 128 Å². The molecule has 0 aromatic heterocycles. The molecule has 0 fully saturated rings. The van der Waals surface area contributed by atoms with E-state index in [1.54, 1.807) is 0 Å². The highest BCUT2D eigenvalue weighted by molar-refractivity contribution is 7.81. The Hall–Kier alpha value is -2.24. The van der Waals surface area contributed by atoms with Gasteiger partial charge in [-0.1, -0.05) is 42.5 Å². The van der Waals surface area contributed by atoms with Gasteiger partial charge in [0.2, 0.25) is 5.91 Å². The van der Waals surface area contributed by atoms with Crippen molar-refractivity contribution in [1.29, 1.82) is 0 Å². The summed E-state index contributed by atoms with van der Waals surface area (Å²) < 4.78 is 0. The maximum atomic E-state index is 11.3.